The molecule has 0 aromatic heterocycles. The minimum absolute atomic E-state index is 0.405. The number of aliphatic hydroxyl groups excluding tert-OH is 1. The van der Waals surface area contributed by atoms with Crippen molar-refractivity contribution < 1.29 is 19.4 Å². The fraction of sp³-hybridized carbons (Fsp3) is 0.316. The standard InChI is InChI=1S/C19H20ClNO4/c1-24-19(23)15-9-14(18(22)13-3-2-4-16(20)10-13)11-17(12-15)21-5-7-25-8-6-21/h2-4,9-12,18,22H,5-8H2,1H3. The fourth-order valence-electron chi connectivity index (χ4n) is 2.90. The van der Waals surface area contributed by atoms with E-state index in [2.05, 4.69) is 4.90 Å². The van der Waals surface area contributed by atoms with E-state index in [-0.39, 0.29) is 0 Å². The van der Waals surface area contributed by atoms with Crippen molar-refractivity contribution in [3.63, 3.8) is 0 Å². The van der Waals surface area contributed by atoms with Crippen LogP contribution in [0.3, 0.4) is 0 Å². The van der Waals surface area contributed by atoms with E-state index in [1.54, 1.807) is 36.4 Å². The number of hydrogen-bond donors (Lipinski definition) is 1. The Hall–Kier alpha value is -2.08. The van der Waals surface area contributed by atoms with Crippen LogP contribution >= 0.6 is 11.6 Å². The molecule has 0 amide bonds. The third-order valence-corrected chi connectivity index (χ3v) is 4.45. The van der Waals surface area contributed by atoms with Gasteiger partial charge in [0.05, 0.1) is 25.9 Å². The average molecular weight is 362 g/mol. The molecule has 1 fully saturated rings. The summed E-state index contributed by atoms with van der Waals surface area (Å²) in [6.45, 7) is 2.73. The first kappa shape index (κ1) is 17.7. The van der Waals surface area contributed by atoms with E-state index in [1.165, 1.54) is 7.11 Å². The largest absolute Gasteiger partial charge is 0.465 e. The van der Waals surface area contributed by atoms with Gasteiger partial charge >= 0.3 is 5.97 Å². The van der Waals surface area contributed by atoms with Gasteiger partial charge in [0.1, 0.15) is 6.10 Å². The van der Waals surface area contributed by atoms with E-state index in [9.17, 15) is 9.90 Å². The predicted molar refractivity (Wildman–Crippen MR) is 96.3 cm³/mol. The molecule has 1 aliphatic heterocycles. The number of anilines is 1. The lowest BCUT2D eigenvalue weighted by Gasteiger charge is -2.30. The van der Waals surface area contributed by atoms with Crippen LogP contribution in [0.5, 0.6) is 0 Å². The maximum atomic E-state index is 12.0. The van der Waals surface area contributed by atoms with Gasteiger partial charge in [0.2, 0.25) is 0 Å². The van der Waals surface area contributed by atoms with Gasteiger partial charge in [-0.1, -0.05) is 23.7 Å². The van der Waals surface area contributed by atoms with Crippen molar-refractivity contribution in [2.24, 2.45) is 0 Å². The van der Waals surface area contributed by atoms with Crippen LogP contribution in [-0.4, -0.2) is 44.5 Å². The molecule has 1 atom stereocenters. The molecular formula is C19H20ClNO4. The lowest BCUT2D eigenvalue weighted by atomic mass is 9.98. The topological polar surface area (TPSA) is 59.0 Å². The van der Waals surface area contributed by atoms with Crippen molar-refractivity contribution in [2.45, 2.75) is 6.10 Å². The Morgan fingerprint density at radius 1 is 1.20 bits per heavy atom. The van der Waals surface area contributed by atoms with Crippen LogP contribution in [0, 0.1) is 0 Å². The number of morpholine rings is 1. The molecule has 25 heavy (non-hydrogen) atoms. The van der Waals surface area contributed by atoms with Gasteiger partial charge < -0.3 is 19.5 Å². The van der Waals surface area contributed by atoms with E-state index < -0.39 is 12.1 Å². The van der Waals surface area contributed by atoms with Crippen molar-refractivity contribution in [1.82, 2.24) is 0 Å². The highest BCUT2D eigenvalue weighted by Gasteiger charge is 2.19. The Morgan fingerprint density at radius 2 is 1.96 bits per heavy atom. The number of carbonyl (C=O) groups excluding carboxylic acids is 1. The first-order valence-corrected chi connectivity index (χ1v) is 8.46. The van der Waals surface area contributed by atoms with Crippen LogP contribution in [0.25, 0.3) is 0 Å². The molecule has 0 radical (unpaired) electrons. The highest BCUT2D eigenvalue weighted by atomic mass is 35.5. The molecule has 1 unspecified atom stereocenters. The van der Waals surface area contributed by atoms with Crippen LogP contribution in [0.1, 0.15) is 27.6 Å². The van der Waals surface area contributed by atoms with Gasteiger partial charge in [0.15, 0.2) is 0 Å². The first-order chi connectivity index (χ1) is 12.1. The van der Waals surface area contributed by atoms with Crippen LogP contribution in [-0.2, 0) is 9.47 Å². The molecule has 0 saturated carbocycles. The summed E-state index contributed by atoms with van der Waals surface area (Å²) in [6, 6.07) is 12.4. The number of ether oxygens (including phenoxy) is 2. The number of halogens is 1. The SMILES string of the molecule is COC(=O)c1cc(C(O)c2cccc(Cl)c2)cc(N2CCOCC2)c1. The summed E-state index contributed by atoms with van der Waals surface area (Å²) in [5, 5.41) is 11.3. The summed E-state index contributed by atoms with van der Waals surface area (Å²) >= 11 is 6.03. The Morgan fingerprint density at radius 3 is 2.64 bits per heavy atom. The normalized spacial score (nSPS) is 15.7. The highest BCUT2D eigenvalue weighted by molar-refractivity contribution is 6.30. The van der Waals surface area contributed by atoms with Crippen LogP contribution in [0.4, 0.5) is 5.69 Å². The smallest absolute Gasteiger partial charge is 0.337 e. The summed E-state index contributed by atoms with van der Waals surface area (Å²) < 4.78 is 10.2. The Labute approximate surface area is 151 Å². The number of hydrogen-bond acceptors (Lipinski definition) is 5. The first-order valence-electron chi connectivity index (χ1n) is 8.08. The molecular weight excluding hydrogens is 342 g/mol. The van der Waals surface area contributed by atoms with Gasteiger partial charge in [-0.05, 0) is 41.5 Å². The molecule has 2 aromatic carbocycles. The van der Waals surface area contributed by atoms with Gasteiger partial charge in [-0.2, -0.15) is 0 Å². The molecule has 1 aliphatic rings. The fourth-order valence-corrected chi connectivity index (χ4v) is 3.10. The summed E-state index contributed by atoms with van der Waals surface area (Å²) in [5.41, 5.74) is 2.55. The second-order valence-corrected chi connectivity index (χ2v) is 6.30. The Balaban J connectivity index is 2.00. The maximum Gasteiger partial charge on any atom is 0.337 e. The zero-order valence-electron chi connectivity index (χ0n) is 13.9. The van der Waals surface area contributed by atoms with Crippen molar-refractivity contribution in [2.75, 3.05) is 38.3 Å². The molecule has 2 aromatic rings. The van der Waals surface area contributed by atoms with Gasteiger partial charge in [0.25, 0.3) is 0 Å². The van der Waals surface area contributed by atoms with Crippen LogP contribution in [0.15, 0.2) is 42.5 Å². The molecule has 1 N–H and O–H groups in total. The molecule has 0 aliphatic carbocycles. The number of methoxy groups -OCH3 is 1. The number of rotatable bonds is 4. The second kappa shape index (κ2) is 7.87. The number of esters is 1. The molecule has 3 rings (SSSR count). The Kier molecular flexibility index (Phi) is 5.58. The third kappa shape index (κ3) is 4.12. The highest BCUT2D eigenvalue weighted by Crippen LogP contribution is 2.29. The lowest BCUT2D eigenvalue weighted by Crippen LogP contribution is -2.36. The van der Waals surface area contributed by atoms with Gasteiger partial charge in [0, 0.05) is 23.8 Å². The molecule has 1 heterocycles. The zero-order valence-corrected chi connectivity index (χ0v) is 14.7. The molecule has 6 heteroatoms. The number of nitrogens with zero attached hydrogens (tertiary/aromatic N) is 1. The number of aliphatic hydroxyl groups is 1. The zero-order chi connectivity index (χ0) is 17.8. The van der Waals surface area contributed by atoms with E-state index in [0.717, 1.165) is 18.8 Å². The summed E-state index contributed by atoms with van der Waals surface area (Å²) in [5.74, 6) is -0.436. The molecule has 1 saturated heterocycles. The second-order valence-electron chi connectivity index (χ2n) is 5.86. The van der Waals surface area contributed by atoms with Crippen molar-refractivity contribution in [1.29, 1.82) is 0 Å². The van der Waals surface area contributed by atoms with E-state index in [4.69, 9.17) is 21.1 Å². The van der Waals surface area contributed by atoms with Gasteiger partial charge in [-0.25, -0.2) is 4.79 Å². The number of carbonyl (C=O) groups is 1. The average Bonchev–Trinajstić information content (AvgIpc) is 2.67. The molecule has 0 bridgehead atoms. The van der Waals surface area contributed by atoms with Crippen molar-refractivity contribution >= 4 is 23.3 Å². The van der Waals surface area contributed by atoms with Crippen molar-refractivity contribution in [3.8, 4) is 0 Å². The third-order valence-electron chi connectivity index (χ3n) is 4.22. The molecule has 132 valence electrons. The van der Waals surface area contributed by atoms with Crippen LogP contribution < -0.4 is 4.90 Å². The molecule has 0 spiro atoms. The predicted octanol–water partition coefficient (Wildman–Crippen LogP) is 3.04. The minimum Gasteiger partial charge on any atom is -0.465 e. The van der Waals surface area contributed by atoms with E-state index in [0.29, 0.717) is 34.9 Å². The maximum absolute atomic E-state index is 12.0. The van der Waals surface area contributed by atoms with E-state index in [1.807, 2.05) is 6.07 Å². The quantitative estimate of drug-likeness (QED) is 0.848. The summed E-state index contributed by atoms with van der Waals surface area (Å²) in [7, 11) is 1.34. The summed E-state index contributed by atoms with van der Waals surface area (Å²) in [4.78, 5) is 14.2. The van der Waals surface area contributed by atoms with Crippen molar-refractivity contribution in [3.05, 3.63) is 64.2 Å². The lowest BCUT2D eigenvalue weighted by molar-refractivity contribution is 0.0600. The minimum atomic E-state index is -0.886. The number of benzene rings is 2. The monoisotopic (exact) mass is 361 g/mol. The van der Waals surface area contributed by atoms with Gasteiger partial charge in [-0.3, -0.25) is 0 Å². The summed E-state index contributed by atoms with van der Waals surface area (Å²) in [6.07, 6.45) is -0.886. The Bertz CT molecular complexity index is 759. The van der Waals surface area contributed by atoms with Crippen LogP contribution in [0.2, 0.25) is 5.02 Å². The van der Waals surface area contributed by atoms with E-state index >= 15 is 0 Å². The van der Waals surface area contributed by atoms with Gasteiger partial charge in [-0.15, -0.1) is 0 Å². The molecule has 5 nitrogen and oxygen atoms in total.